The molecule has 1 aromatic carbocycles. The van der Waals surface area contributed by atoms with Gasteiger partial charge in [0, 0.05) is 24.4 Å². The number of aryl methyl sites for hydroxylation is 1. The molecule has 28 heavy (non-hydrogen) atoms. The summed E-state index contributed by atoms with van der Waals surface area (Å²) in [7, 11) is 0. The molecule has 0 fully saturated rings. The number of rotatable bonds is 3. The molecule has 0 aliphatic carbocycles. The largest absolute Gasteiger partial charge is 0.417 e. The summed E-state index contributed by atoms with van der Waals surface area (Å²) in [5, 5.41) is 4.47. The molecule has 0 saturated carbocycles. The van der Waals surface area contributed by atoms with Crippen LogP contribution in [0.3, 0.4) is 0 Å². The molecular weight excluding hydrogens is 369 g/mol. The van der Waals surface area contributed by atoms with Crippen molar-refractivity contribution in [3.8, 4) is 11.3 Å². The second kappa shape index (κ2) is 6.59. The number of hydrogen-bond acceptors (Lipinski definition) is 5. The lowest BCUT2D eigenvalue weighted by Crippen LogP contribution is -2.08. The molecule has 0 aliphatic heterocycles. The summed E-state index contributed by atoms with van der Waals surface area (Å²) < 4.78 is 40.6. The van der Waals surface area contributed by atoms with Crippen molar-refractivity contribution in [1.29, 1.82) is 0 Å². The van der Waals surface area contributed by atoms with E-state index in [1.807, 2.05) is 30.3 Å². The van der Waals surface area contributed by atoms with Crippen LogP contribution in [0.2, 0.25) is 0 Å². The highest BCUT2D eigenvalue weighted by molar-refractivity contribution is 5.69. The van der Waals surface area contributed by atoms with Crippen LogP contribution in [0.25, 0.3) is 16.9 Å². The number of halogens is 3. The van der Waals surface area contributed by atoms with Gasteiger partial charge in [-0.1, -0.05) is 30.3 Å². The SMILES string of the molecule is Cc1c(-c2cncc(C(F)(F)F)c2)nc(N)c2nc(Cc3ccccc3)nn12. The molecule has 0 spiro atoms. The number of fused-ring (bicyclic) bond motifs is 1. The van der Waals surface area contributed by atoms with E-state index in [1.165, 1.54) is 10.7 Å². The predicted molar refractivity (Wildman–Crippen MR) is 97.4 cm³/mol. The molecule has 0 saturated heterocycles. The average Bonchev–Trinajstić information content (AvgIpc) is 3.10. The van der Waals surface area contributed by atoms with Gasteiger partial charge < -0.3 is 5.73 Å². The highest BCUT2D eigenvalue weighted by Gasteiger charge is 2.31. The van der Waals surface area contributed by atoms with Crippen LogP contribution in [-0.4, -0.2) is 24.6 Å². The topological polar surface area (TPSA) is 82.0 Å². The van der Waals surface area contributed by atoms with Crippen LogP contribution in [-0.2, 0) is 12.6 Å². The fraction of sp³-hybridized carbons (Fsp3) is 0.158. The second-order valence-corrected chi connectivity index (χ2v) is 6.32. The predicted octanol–water partition coefficient (Wildman–Crippen LogP) is 3.69. The molecule has 4 rings (SSSR count). The normalized spacial score (nSPS) is 11.9. The Hall–Kier alpha value is -3.49. The van der Waals surface area contributed by atoms with Gasteiger partial charge in [0.1, 0.15) is 0 Å². The minimum Gasteiger partial charge on any atom is -0.381 e. The van der Waals surface area contributed by atoms with E-state index in [1.54, 1.807) is 6.92 Å². The first kappa shape index (κ1) is 17.9. The molecule has 0 atom stereocenters. The summed E-state index contributed by atoms with van der Waals surface area (Å²) in [5.41, 5.74) is 7.58. The van der Waals surface area contributed by atoms with Crippen molar-refractivity contribution >= 4 is 11.5 Å². The highest BCUT2D eigenvalue weighted by atomic mass is 19.4. The zero-order chi connectivity index (χ0) is 19.9. The van der Waals surface area contributed by atoms with Crippen LogP contribution in [0.5, 0.6) is 0 Å². The Morgan fingerprint density at radius 1 is 1.07 bits per heavy atom. The zero-order valence-corrected chi connectivity index (χ0v) is 14.8. The number of anilines is 1. The Morgan fingerprint density at radius 2 is 1.82 bits per heavy atom. The first-order valence-electron chi connectivity index (χ1n) is 8.41. The third-order valence-corrected chi connectivity index (χ3v) is 4.32. The van der Waals surface area contributed by atoms with Gasteiger partial charge in [-0.05, 0) is 18.6 Å². The van der Waals surface area contributed by atoms with Crippen LogP contribution < -0.4 is 5.73 Å². The maximum atomic E-state index is 13.0. The monoisotopic (exact) mass is 384 g/mol. The van der Waals surface area contributed by atoms with Crippen molar-refractivity contribution in [2.45, 2.75) is 19.5 Å². The van der Waals surface area contributed by atoms with E-state index in [9.17, 15) is 13.2 Å². The standard InChI is InChI=1S/C19H15F3N6/c1-11-16(13-8-14(10-24-9-13)19(20,21)22)26-17(23)18-25-15(27-28(11)18)7-12-5-3-2-4-6-12/h2-6,8-10H,7H2,1H3,(H2,23,26). The lowest BCUT2D eigenvalue weighted by Gasteiger charge is -2.11. The van der Waals surface area contributed by atoms with Gasteiger partial charge in [0.25, 0.3) is 0 Å². The summed E-state index contributed by atoms with van der Waals surface area (Å²) in [6.07, 6.45) is -1.91. The van der Waals surface area contributed by atoms with Crippen molar-refractivity contribution in [1.82, 2.24) is 24.6 Å². The molecule has 0 radical (unpaired) electrons. The van der Waals surface area contributed by atoms with Crippen molar-refractivity contribution in [3.63, 3.8) is 0 Å². The van der Waals surface area contributed by atoms with Crippen molar-refractivity contribution in [3.05, 3.63) is 71.4 Å². The molecule has 4 aromatic rings. The third kappa shape index (κ3) is 3.26. The van der Waals surface area contributed by atoms with Gasteiger partial charge in [-0.2, -0.15) is 18.3 Å². The molecule has 0 amide bonds. The average molecular weight is 384 g/mol. The van der Waals surface area contributed by atoms with E-state index < -0.39 is 11.7 Å². The van der Waals surface area contributed by atoms with E-state index in [0.717, 1.165) is 17.8 Å². The van der Waals surface area contributed by atoms with Gasteiger partial charge in [0.2, 0.25) is 0 Å². The van der Waals surface area contributed by atoms with Crippen LogP contribution in [0, 0.1) is 6.92 Å². The van der Waals surface area contributed by atoms with E-state index in [2.05, 4.69) is 20.1 Å². The number of aromatic nitrogens is 5. The molecule has 142 valence electrons. The maximum Gasteiger partial charge on any atom is 0.417 e. The number of pyridine rings is 1. The number of alkyl halides is 3. The molecular formula is C19H15F3N6. The van der Waals surface area contributed by atoms with Gasteiger partial charge in [-0.3, -0.25) is 4.98 Å². The van der Waals surface area contributed by atoms with E-state index in [4.69, 9.17) is 5.73 Å². The number of benzene rings is 1. The van der Waals surface area contributed by atoms with Crippen LogP contribution in [0.4, 0.5) is 19.0 Å². The van der Waals surface area contributed by atoms with Crippen molar-refractivity contribution < 1.29 is 13.2 Å². The Labute approximate surface area is 157 Å². The highest BCUT2D eigenvalue weighted by Crippen LogP contribution is 2.32. The fourth-order valence-electron chi connectivity index (χ4n) is 2.96. The minimum atomic E-state index is -4.50. The van der Waals surface area contributed by atoms with E-state index in [-0.39, 0.29) is 17.1 Å². The molecule has 2 N–H and O–H groups in total. The Kier molecular flexibility index (Phi) is 4.21. The molecule has 6 nitrogen and oxygen atoms in total. The summed E-state index contributed by atoms with van der Waals surface area (Å²) in [4.78, 5) is 12.4. The quantitative estimate of drug-likeness (QED) is 0.583. The lowest BCUT2D eigenvalue weighted by atomic mass is 10.1. The summed E-state index contributed by atoms with van der Waals surface area (Å²) >= 11 is 0. The number of nitrogen functional groups attached to an aromatic ring is 1. The van der Waals surface area contributed by atoms with Crippen molar-refractivity contribution in [2.75, 3.05) is 5.73 Å². The van der Waals surface area contributed by atoms with Gasteiger partial charge in [0.15, 0.2) is 17.3 Å². The first-order valence-corrected chi connectivity index (χ1v) is 8.41. The molecule has 0 unspecified atom stereocenters. The molecule has 0 aliphatic rings. The van der Waals surface area contributed by atoms with Gasteiger partial charge in [-0.15, -0.1) is 0 Å². The minimum absolute atomic E-state index is 0.0878. The van der Waals surface area contributed by atoms with Crippen LogP contribution >= 0.6 is 0 Å². The Balaban J connectivity index is 1.80. The molecule has 9 heteroatoms. The summed E-state index contributed by atoms with van der Waals surface area (Å²) in [6.45, 7) is 1.70. The van der Waals surface area contributed by atoms with E-state index >= 15 is 0 Å². The maximum absolute atomic E-state index is 13.0. The smallest absolute Gasteiger partial charge is 0.381 e. The Bertz CT molecular complexity index is 1150. The van der Waals surface area contributed by atoms with Crippen LogP contribution in [0.15, 0.2) is 48.8 Å². The number of nitrogens with two attached hydrogens (primary N) is 1. The second-order valence-electron chi connectivity index (χ2n) is 6.32. The summed E-state index contributed by atoms with van der Waals surface area (Å²) in [6, 6.07) is 10.7. The molecule has 3 heterocycles. The fourth-order valence-corrected chi connectivity index (χ4v) is 2.96. The number of nitrogens with zero attached hydrogens (tertiary/aromatic N) is 5. The zero-order valence-electron chi connectivity index (χ0n) is 14.8. The Morgan fingerprint density at radius 3 is 2.54 bits per heavy atom. The van der Waals surface area contributed by atoms with Gasteiger partial charge in [0.05, 0.1) is 17.0 Å². The van der Waals surface area contributed by atoms with Crippen LogP contribution in [0.1, 0.15) is 22.6 Å². The van der Waals surface area contributed by atoms with Crippen molar-refractivity contribution in [2.24, 2.45) is 0 Å². The first-order chi connectivity index (χ1) is 13.3. The number of hydrogen-bond donors (Lipinski definition) is 1. The molecule has 0 bridgehead atoms. The lowest BCUT2D eigenvalue weighted by molar-refractivity contribution is -0.137. The summed E-state index contributed by atoms with van der Waals surface area (Å²) in [5.74, 6) is 0.631. The van der Waals surface area contributed by atoms with E-state index in [0.29, 0.717) is 23.6 Å². The van der Waals surface area contributed by atoms with Gasteiger partial charge >= 0.3 is 6.18 Å². The molecule has 3 aromatic heterocycles. The third-order valence-electron chi connectivity index (χ3n) is 4.32. The van der Waals surface area contributed by atoms with Gasteiger partial charge in [-0.25, -0.2) is 14.5 Å².